The van der Waals surface area contributed by atoms with Gasteiger partial charge in [0.25, 0.3) is 0 Å². The molecule has 0 spiro atoms. The van der Waals surface area contributed by atoms with E-state index in [1.807, 2.05) is 19.9 Å². The van der Waals surface area contributed by atoms with E-state index in [1.54, 1.807) is 6.07 Å². The Kier molecular flexibility index (Phi) is 5.73. The van der Waals surface area contributed by atoms with Gasteiger partial charge >= 0.3 is 0 Å². The first-order chi connectivity index (χ1) is 10.1. The summed E-state index contributed by atoms with van der Waals surface area (Å²) in [7, 11) is 0. The molecule has 0 saturated carbocycles. The molecule has 1 saturated heterocycles. The number of benzene rings is 1. The van der Waals surface area contributed by atoms with Gasteiger partial charge < -0.3 is 10.1 Å². The first-order valence-corrected chi connectivity index (χ1v) is 7.90. The molecule has 1 aliphatic rings. The number of morpholine rings is 1. The molecule has 0 aromatic heterocycles. The minimum atomic E-state index is -0.129. The van der Waals surface area contributed by atoms with Gasteiger partial charge in [-0.25, -0.2) is 4.39 Å². The maximum absolute atomic E-state index is 14.5. The van der Waals surface area contributed by atoms with E-state index in [-0.39, 0.29) is 18.0 Å². The SMILES string of the molecule is CCNC(c1c(C)cc(C)cc1F)C1CN(CC)CCO1. The smallest absolute Gasteiger partial charge is 0.128 e. The predicted molar refractivity (Wildman–Crippen MR) is 84.1 cm³/mol. The van der Waals surface area contributed by atoms with Gasteiger partial charge in [0.05, 0.1) is 18.8 Å². The summed E-state index contributed by atoms with van der Waals surface area (Å²) in [6, 6.07) is 3.57. The van der Waals surface area contributed by atoms with Crippen LogP contribution in [0.2, 0.25) is 0 Å². The fourth-order valence-electron chi connectivity index (χ4n) is 3.18. The maximum Gasteiger partial charge on any atom is 0.128 e. The number of ether oxygens (including phenoxy) is 1. The van der Waals surface area contributed by atoms with Crippen LogP contribution in [0.3, 0.4) is 0 Å². The van der Waals surface area contributed by atoms with Gasteiger partial charge in [-0.05, 0) is 44.1 Å². The molecule has 1 N–H and O–H groups in total. The zero-order valence-corrected chi connectivity index (χ0v) is 13.6. The Morgan fingerprint density at radius 2 is 2.14 bits per heavy atom. The van der Waals surface area contributed by atoms with Gasteiger partial charge in [-0.1, -0.05) is 19.9 Å². The normalized spacial score (nSPS) is 21.5. The van der Waals surface area contributed by atoms with Crippen LogP contribution in [-0.2, 0) is 4.74 Å². The molecule has 118 valence electrons. The van der Waals surface area contributed by atoms with Crippen LogP contribution in [0.5, 0.6) is 0 Å². The number of nitrogens with zero attached hydrogens (tertiary/aromatic N) is 1. The standard InChI is InChI=1S/C17H27FN2O/c1-5-19-17(15-11-20(6-2)7-8-21-15)16-13(4)9-12(3)10-14(16)18/h9-10,15,17,19H,5-8,11H2,1-4H3. The summed E-state index contributed by atoms with van der Waals surface area (Å²) < 4.78 is 20.5. The van der Waals surface area contributed by atoms with Crippen molar-refractivity contribution in [1.29, 1.82) is 0 Å². The third kappa shape index (κ3) is 3.82. The summed E-state index contributed by atoms with van der Waals surface area (Å²) in [5.41, 5.74) is 2.71. The van der Waals surface area contributed by atoms with Crippen molar-refractivity contribution in [2.24, 2.45) is 0 Å². The molecule has 0 amide bonds. The highest BCUT2D eigenvalue weighted by molar-refractivity contribution is 5.35. The Bertz CT molecular complexity index is 455. The largest absolute Gasteiger partial charge is 0.374 e. The summed E-state index contributed by atoms with van der Waals surface area (Å²) >= 11 is 0. The van der Waals surface area contributed by atoms with E-state index < -0.39 is 0 Å². The van der Waals surface area contributed by atoms with Gasteiger partial charge in [0.15, 0.2) is 0 Å². The molecule has 2 rings (SSSR count). The highest BCUT2D eigenvalue weighted by Crippen LogP contribution is 2.28. The fraction of sp³-hybridized carbons (Fsp3) is 0.647. The van der Waals surface area contributed by atoms with E-state index in [0.717, 1.165) is 42.9 Å². The van der Waals surface area contributed by atoms with Gasteiger partial charge in [0.2, 0.25) is 0 Å². The Balaban J connectivity index is 2.30. The van der Waals surface area contributed by atoms with Crippen LogP contribution in [0.15, 0.2) is 12.1 Å². The van der Waals surface area contributed by atoms with Gasteiger partial charge in [0.1, 0.15) is 5.82 Å². The second kappa shape index (κ2) is 7.34. The number of aryl methyl sites for hydroxylation is 2. The topological polar surface area (TPSA) is 24.5 Å². The summed E-state index contributed by atoms with van der Waals surface area (Å²) in [4.78, 5) is 2.36. The summed E-state index contributed by atoms with van der Waals surface area (Å²) in [5.74, 6) is -0.129. The highest BCUT2D eigenvalue weighted by Gasteiger charge is 2.31. The monoisotopic (exact) mass is 294 g/mol. The van der Waals surface area contributed by atoms with Crippen LogP contribution in [0.1, 0.15) is 36.6 Å². The Hall–Kier alpha value is -0.970. The van der Waals surface area contributed by atoms with Crippen LogP contribution in [-0.4, -0.2) is 43.8 Å². The molecule has 1 aromatic rings. The summed E-state index contributed by atoms with van der Waals surface area (Å²) in [6.07, 6.45) is -0.00504. The number of likely N-dealkylation sites (N-methyl/N-ethyl adjacent to an activating group) is 2. The van der Waals surface area contributed by atoms with Crippen molar-refractivity contribution < 1.29 is 9.13 Å². The van der Waals surface area contributed by atoms with Crippen molar-refractivity contribution in [3.8, 4) is 0 Å². The molecule has 0 radical (unpaired) electrons. The molecule has 3 nitrogen and oxygen atoms in total. The minimum Gasteiger partial charge on any atom is -0.374 e. The molecule has 1 fully saturated rings. The van der Waals surface area contributed by atoms with Crippen molar-refractivity contribution in [2.75, 3.05) is 32.8 Å². The first-order valence-electron chi connectivity index (χ1n) is 7.90. The molecule has 2 unspecified atom stereocenters. The Morgan fingerprint density at radius 1 is 1.38 bits per heavy atom. The molecule has 0 bridgehead atoms. The van der Waals surface area contributed by atoms with E-state index in [0.29, 0.717) is 6.61 Å². The molecule has 1 aromatic carbocycles. The number of hydrogen-bond donors (Lipinski definition) is 1. The van der Waals surface area contributed by atoms with E-state index in [2.05, 4.69) is 24.1 Å². The fourth-order valence-corrected chi connectivity index (χ4v) is 3.18. The van der Waals surface area contributed by atoms with Crippen molar-refractivity contribution in [3.63, 3.8) is 0 Å². The molecular formula is C17H27FN2O. The van der Waals surface area contributed by atoms with Crippen molar-refractivity contribution in [3.05, 3.63) is 34.6 Å². The average molecular weight is 294 g/mol. The molecule has 0 aliphatic carbocycles. The molecule has 1 aliphatic heterocycles. The zero-order valence-electron chi connectivity index (χ0n) is 13.6. The zero-order chi connectivity index (χ0) is 15.4. The maximum atomic E-state index is 14.5. The summed E-state index contributed by atoms with van der Waals surface area (Å²) in [6.45, 7) is 12.4. The van der Waals surface area contributed by atoms with Crippen LogP contribution in [0, 0.1) is 19.7 Å². The molecular weight excluding hydrogens is 267 g/mol. The van der Waals surface area contributed by atoms with Gasteiger partial charge in [-0.2, -0.15) is 0 Å². The molecule has 4 heteroatoms. The van der Waals surface area contributed by atoms with Crippen molar-refractivity contribution in [2.45, 2.75) is 39.8 Å². The lowest BCUT2D eigenvalue weighted by Crippen LogP contribution is -2.48. The van der Waals surface area contributed by atoms with E-state index in [4.69, 9.17) is 4.74 Å². The van der Waals surface area contributed by atoms with E-state index in [9.17, 15) is 4.39 Å². The first kappa shape index (κ1) is 16.4. The third-order valence-corrected chi connectivity index (χ3v) is 4.21. The van der Waals surface area contributed by atoms with Gasteiger partial charge in [0, 0.05) is 18.7 Å². The third-order valence-electron chi connectivity index (χ3n) is 4.21. The van der Waals surface area contributed by atoms with Crippen LogP contribution in [0.4, 0.5) is 4.39 Å². The summed E-state index contributed by atoms with van der Waals surface area (Å²) in [5, 5.41) is 3.42. The lowest BCUT2D eigenvalue weighted by atomic mass is 9.93. The van der Waals surface area contributed by atoms with Crippen molar-refractivity contribution in [1.82, 2.24) is 10.2 Å². The van der Waals surface area contributed by atoms with Crippen LogP contribution in [0.25, 0.3) is 0 Å². The minimum absolute atomic E-state index is 0.00504. The van der Waals surface area contributed by atoms with Gasteiger partial charge in [-0.3, -0.25) is 4.90 Å². The number of hydrogen-bond acceptors (Lipinski definition) is 3. The average Bonchev–Trinajstić information content (AvgIpc) is 2.45. The predicted octanol–water partition coefficient (Wildman–Crippen LogP) is 2.81. The molecule has 1 heterocycles. The van der Waals surface area contributed by atoms with E-state index in [1.165, 1.54) is 0 Å². The molecule has 21 heavy (non-hydrogen) atoms. The Morgan fingerprint density at radius 3 is 2.76 bits per heavy atom. The Labute approximate surface area is 127 Å². The second-order valence-electron chi connectivity index (χ2n) is 5.82. The van der Waals surface area contributed by atoms with Crippen molar-refractivity contribution >= 4 is 0 Å². The van der Waals surface area contributed by atoms with Gasteiger partial charge in [-0.15, -0.1) is 0 Å². The number of halogens is 1. The number of nitrogens with one attached hydrogen (secondary N) is 1. The lowest BCUT2D eigenvalue weighted by Gasteiger charge is -2.37. The quantitative estimate of drug-likeness (QED) is 0.904. The number of rotatable bonds is 5. The molecule has 2 atom stereocenters. The van der Waals surface area contributed by atoms with Crippen LogP contribution < -0.4 is 5.32 Å². The highest BCUT2D eigenvalue weighted by atomic mass is 19.1. The second-order valence-corrected chi connectivity index (χ2v) is 5.82. The lowest BCUT2D eigenvalue weighted by molar-refractivity contribution is -0.0460. The van der Waals surface area contributed by atoms with E-state index >= 15 is 0 Å². The van der Waals surface area contributed by atoms with Crippen LogP contribution >= 0.6 is 0 Å².